The summed E-state index contributed by atoms with van der Waals surface area (Å²) in [4.78, 5) is 14.3. The van der Waals surface area contributed by atoms with Crippen molar-refractivity contribution in [3.8, 4) is 11.5 Å². The van der Waals surface area contributed by atoms with Crippen LogP contribution in [0, 0.1) is 0 Å². The number of aromatic nitrogens is 1. The van der Waals surface area contributed by atoms with Crippen molar-refractivity contribution in [2.45, 2.75) is 12.2 Å². The van der Waals surface area contributed by atoms with E-state index in [1.54, 1.807) is 0 Å². The second kappa shape index (κ2) is 5.22. The van der Waals surface area contributed by atoms with Gasteiger partial charge in [-0.2, -0.15) is 0 Å². The number of aldehydes is 1. The fourth-order valence-corrected chi connectivity index (χ4v) is 1.27. The van der Waals surface area contributed by atoms with Crippen LogP contribution in [-0.2, 0) is 5.88 Å². The van der Waals surface area contributed by atoms with Crippen molar-refractivity contribution in [2.24, 2.45) is 0 Å². The fourth-order valence-electron chi connectivity index (χ4n) is 1.13. The van der Waals surface area contributed by atoms with E-state index >= 15 is 0 Å². The monoisotopic (exact) mass is 269 g/mol. The molecule has 1 aromatic rings. The van der Waals surface area contributed by atoms with E-state index in [4.69, 9.17) is 11.6 Å². The molecule has 0 saturated carbocycles. The molecule has 0 unspecified atom stereocenters. The van der Waals surface area contributed by atoms with E-state index in [9.17, 15) is 18.0 Å². The zero-order valence-electron chi connectivity index (χ0n) is 8.55. The van der Waals surface area contributed by atoms with Crippen molar-refractivity contribution >= 4 is 17.9 Å². The van der Waals surface area contributed by atoms with Crippen molar-refractivity contribution in [1.82, 2.24) is 4.98 Å². The number of carbonyl (C=O) groups excluding carboxylic acids is 1. The lowest BCUT2D eigenvalue weighted by atomic mass is 10.2. The van der Waals surface area contributed by atoms with E-state index in [1.165, 1.54) is 0 Å². The number of rotatable bonds is 4. The fraction of sp³-hybridized carbons (Fsp3) is 0.333. The molecule has 0 aliphatic rings. The molecule has 0 fully saturated rings. The van der Waals surface area contributed by atoms with Crippen LogP contribution in [0.2, 0.25) is 0 Å². The molecule has 8 heteroatoms. The molecule has 0 amide bonds. The van der Waals surface area contributed by atoms with E-state index in [1.807, 2.05) is 0 Å². The average molecular weight is 270 g/mol. The number of alkyl halides is 4. The van der Waals surface area contributed by atoms with Gasteiger partial charge in [0.2, 0.25) is 0 Å². The molecule has 1 heterocycles. The molecule has 94 valence electrons. The van der Waals surface area contributed by atoms with Crippen molar-refractivity contribution in [3.05, 3.63) is 17.5 Å². The van der Waals surface area contributed by atoms with Crippen LogP contribution >= 0.6 is 11.6 Å². The third-order valence-corrected chi connectivity index (χ3v) is 1.97. The van der Waals surface area contributed by atoms with Gasteiger partial charge in [0, 0.05) is 6.07 Å². The second-order valence-electron chi connectivity index (χ2n) is 2.83. The Morgan fingerprint density at radius 3 is 2.59 bits per heavy atom. The van der Waals surface area contributed by atoms with Gasteiger partial charge < -0.3 is 9.47 Å². The Hall–Kier alpha value is -1.50. The Morgan fingerprint density at radius 1 is 1.53 bits per heavy atom. The Labute approximate surface area is 99.3 Å². The molecule has 1 aromatic heterocycles. The number of halogens is 4. The Morgan fingerprint density at radius 2 is 2.18 bits per heavy atom. The molecule has 0 spiro atoms. The molecule has 0 aromatic carbocycles. The lowest BCUT2D eigenvalue weighted by Crippen LogP contribution is -2.18. The van der Waals surface area contributed by atoms with Crippen LogP contribution in [0.4, 0.5) is 13.2 Å². The molecule has 0 atom stereocenters. The summed E-state index contributed by atoms with van der Waals surface area (Å²) >= 11 is 5.44. The van der Waals surface area contributed by atoms with Crippen LogP contribution in [0.15, 0.2) is 6.07 Å². The molecule has 0 aliphatic heterocycles. The molecular weight excluding hydrogens is 263 g/mol. The topological polar surface area (TPSA) is 48.4 Å². The maximum Gasteiger partial charge on any atom is 0.573 e. The highest BCUT2D eigenvalue weighted by molar-refractivity contribution is 6.16. The molecule has 0 aliphatic carbocycles. The summed E-state index contributed by atoms with van der Waals surface area (Å²) in [5, 5.41) is 0. The number of hydrogen-bond donors (Lipinski definition) is 0. The highest BCUT2D eigenvalue weighted by Crippen LogP contribution is 2.34. The standard InChI is InChI=1S/C9H7ClF3NO3/c1-16-8-6(4-15)14-5(3-10)2-7(8)17-9(11,12)13/h2,4H,3H2,1H3. The summed E-state index contributed by atoms with van der Waals surface area (Å²) in [6.07, 6.45) is -4.63. The number of hydrogen-bond acceptors (Lipinski definition) is 4. The van der Waals surface area contributed by atoms with Gasteiger partial charge in [0.25, 0.3) is 0 Å². The predicted molar refractivity (Wildman–Crippen MR) is 52.4 cm³/mol. The number of pyridine rings is 1. The van der Waals surface area contributed by atoms with Crippen molar-refractivity contribution in [3.63, 3.8) is 0 Å². The second-order valence-corrected chi connectivity index (χ2v) is 3.10. The molecule has 0 bridgehead atoms. The van der Waals surface area contributed by atoms with E-state index in [0.717, 1.165) is 13.2 Å². The van der Waals surface area contributed by atoms with Crippen LogP contribution in [0.5, 0.6) is 11.5 Å². The van der Waals surface area contributed by atoms with Crippen molar-refractivity contribution < 1.29 is 27.4 Å². The van der Waals surface area contributed by atoms with Crippen LogP contribution in [0.25, 0.3) is 0 Å². The van der Waals surface area contributed by atoms with E-state index in [-0.39, 0.29) is 29.3 Å². The van der Waals surface area contributed by atoms with Gasteiger partial charge in [-0.05, 0) is 0 Å². The molecule has 17 heavy (non-hydrogen) atoms. The van der Waals surface area contributed by atoms with Crippen molar-refractivity contribution in [2.75, 3.05) is 7.11 Å². The third-order valence-electron chi connectivity index (χ3n) is 1.70. The minimum absolute atomic E-state index is 0.0776. The first-order valence-electron chi connectivity index (χ1n) is 4.26. The molecular formula is C9H7ClF3NO3. The average Bonchev–Trinajstić information content (AvgIpc) is 2.25. The first-order chi connectivity index (χ1) is 7.91. The zero-order valence-corrected chi connectivity index (χ0v) is 9.30. The van der Waals surface area contributed by atoms with Gasteiger partial charge in [0.05, 0.1) is 18.7 Å². The minimum atomic E-state index is -4.89. The van der Waals surface area contributed by atoms with Gasteiger partial charge in [-0.1, -0.05) is 0 Å². The summed E-state index contributed by atoms with van der Waals surface area (Å²) in [5.41, 5.74) is -0.223. The summed E-state index contributed by atoms with van der Waals surface area (Å²) < 4.78 is 44.7. The van der Waals surface area contributed by atoms with Crippen LogP contribution in [-0.4, -0.2) is 24.7 Å². The van der Waals surface area contributed by atoms with E-state index < -0.39 is 12.1 Å². The third kappa shape index (κ3) is 3.48. The molecule has 0 saturated heterocycles. The Kier molecular flexibility index (Phi) is 4.17. The molecule has 4 nitrogen and oxygen atoms in total. The number of ether oxygens (including phenoxy) is 2. The summed E-state index contributed by atoms with van der Waals surface area (Å²) in [6, 6.07) is 0.965. The van der Waals surface area contributed by atoms with Gasteiger partial charge in [-0.3, -0.25) is 4.79 Å². The normalized spacial score (nSPS) is 11.1. The van der Waals surface area contributed by atoms with Crippen LogP contribution in [0.1, 0.15) is 16.2 Å². The maximum atomic E-state index is 12.1. The Bertz CT molecular complexity index is 423. The first-order valence-corrected chi connectivity index (χ1v) is 4.79. The lowest BCUT2D eigenvalue weighted by Gasteiger charge is -2.14. The molecule has 1 rings (SSSR count). The van der Waals surface area contributed by atoms with Crippen LogP contribution in [0.3, 0.4) is 0 Å². The minimum Gasteiger partial charge on any atom is -0.491 e. The smallest absolute Gasteiger partial charge is 0.491 e. The quantitative estimate of drug-likeness (QED) is 0.622. The van der Waals surface area contributed by atoms with Gasteiger partial charge in [-0.25, -0.2) is 4.98 Å². The summed E-state index contributed by atoms with van der Waals surface area (Å²) in [7, 11) is 1.10. The first kappa shape index (κ1) is 13.6. The largest absolute Gasteiger partial charge is 0.573 e. The number of carbonyl (C=O) groups is 1. The predicted octanol–water partition coefficient (Wildman–Crippen LogP) is 2.54. The maximum absolute atomic E-state index is 12.1. The van der Waals surface area contributed by atoms with Gasteiger partial charge in [0.1, 0.15) is 5.69 Å². The SMILES string of the molecule is COc1c(OC(F)(F)F)cc(CCl)nc1C=O. The highest BCUT2D eigenvalue weighted by Gasteiger charge is 2.33. The van der Waals surface area contributed by atoms with Gasteiger partial charge in [0.15, 0.2) is 17.8 Å². The number of nitrogens with zero attached hydrogens (tertiary/aromatic N) is 1. The Balaban J connectivity index is 3.29. The molecule has 0 radical (unpaired) electrons. The lowest BCUT2D eigenvalue weighted by molar-refractivity contribution is -0.275. The van der Waals surface area contributed by atoms with Crippen LogP contribution < -0.4 is 9.47 Å². The zero-order chi connectivity index (χ0) is 13.1. The summed E-state index contributed by atoms with van der Waals surface area (Å²) in [6.45, 7) is 0. The van der Waals surface area contributed by atoms with E-state index in [2.05, 4.69) is 14.5 Å². The highest BCUT2D eigenvalue weighted by atomic mass is 35.5. The van der Waals surface area contributed by atoms with E-state index in [0.29, 0.717) is 0 Å². The molecule has 0 N–H and O–H groups in total. The van der Waals surface area contributed by atoms with Crippen molar-refractivity contribution in [1.29, 1.82) is 0 Å². The summed E-state index contributed by atoms with van der Waals surface area (Å²) in [5.74, 6) is -1.18. The van der Waals surface area contributed by atoms with Gasteiger partial charge >= 0.3 is 6.36 Å². The van der Waals surface area contributed by atoms with Gasteiger partial charge in [-0.15, -0.1) is 24.8 Å². The number of methoxy groups -OCH3 is 1.